The highest BCUT2D eigenvalue weighted by atomic mass is 16.7. The molecular weight excluding hydrogens is 448 g/mol. The molecule has 10 nitrogen and oxygen atoms in total. The quantitative estimate of drug-likeness (QED) is 0.464. The van der Waals surface area contributed by atoms with Crippen LogP contribution in [-0.2, 0) is 49.3 Å². The summed E-state index contributed by atoms with van der Waals surface area (Å²) in [7, 11) is 0. The molecule has 0 saturated carbocycles. The molecule has 2 aromatic carbocycles. The molecule has 1 N–H and O–H groups in total. The standard InChI is InChI=1S/C24H26O10/c1-13(26)30-21-19(12-25)33-24(23(32-15(3)28)22(21)31-14(2)27)34-20(29)11-16-8-9-17-6-4-5-7-18(17)10-16/h4-10,19,21-25H,11-12H2,1-3H3/t19-,21-,22+,23-,24?/m1/s1. The first-order chi connectivity index (χ1) is 16.2. The second-order valence-corrected chi connectivity index (χ2v) is 7.80. The highest BCUT2D eigenvalue weighted by molar-refractivity contribution is 5.84. The largest absolute Gasteiger partial charge is 0.456 e. The minimum absolute atomic E-state index is 0.118. The van der Waals surface area contributed by atoms with E-state index in [1.54, 1.807) is 6.07 Å². The zero-order chi connectivity index (χ0) is 24.8. The number of aliphatic hydroxyl groups is 1. The summed E-state index contributed by atoms with van der Waals surface area (Å²) in [4.78, 5) is 47.8. The summed E-state index contributed by atoms with van der Waals surface area (Å²) >= 11 is 0. The molecule has 1 saturated heterocycles. The highest BCUT2D eigenvalue weighted by Crippen LogP contribution is 2.30. The molecular formula is C24H26O10. The van der Waals surface area contributed by atoms with Crippen LogP contribution in [0.15, 0.2) is 42.5 Å². The normalized spacial score (nSPS) is 24.2. The highest BCUT2D eigenvalue weighted by Gasteiger charge is 2.53. The number of aliphatic hydroxyl groups excluding tert-OH is 1. The van der Waals surface area contributed by atoms with Crippen LogP contribution in [0.4, 0.5) is 0 Å². The topological polar surface area (TPSA) is 135 Å². The number of hydrogen-bond acceptors (Lipinski definition) is 10. The van der Waals surface area contributed by atoms with Crippen LogP contribution in [0.25, 0.3) is 10.8 Å². The van der Waals surface area contributed by atoms with Gasteiger partial charge in [0.15, 0.2) is 12.2 Å². The van der Waals surface area contributed by atoms with Gasteiger partial charge in [-0.25, -0.2) is 0 Å². The molecule has 0 spiro atoms. The Labute approximate surface area is 195 Å². The van der Waals surface area contributed by atoms with Gasteiger partial charge in [0.25, 0.3) is 0 Å². The molecule has 3 rings (SSSR count). The van der Waals surface area contributed by atoms with Crippen molar-refractivity contribution in [2.45, 2.75) is 57.9 Å². The van der Waals surface area contributed by atoms with E-state index >= 15 is 0 Å². The third-order valence-corrected chi connectivity index (χ3v) is 5.09. The predicted molar refractivity (Wildman–Crippen MR) is 116 cm³/mol. The van der Waals surface area contributed by atoms with Gasteiger partial charge in [-0.2, -0.15) is 0 Å². The third-order valence-electron chi connectivity index (χ3n) is 5.09. The van der Waals surface area contributed by atoms with Gasteiger partial charge in [-0.05, 0) is 16.3 Å². The van der Waals surface area contributed by atoms with E-state index in [9.17, 15) is 24.3 Å². The van der Waals surface area contributed by atoms with Crippen molar-refractivity contribution in [3.63, 3.8) is 0 Å². The Kier molecular flexibility index (Phi) is 8.19. The lowest BCUT2D eigenvalue weighted by Gasteiger charge is -2.43. The van der Waals surface area contributed by atoms with Gasteiger partial charge >= 0.3 is 23.9 Å². The molecule has 1 fully saturated rings. The maximum atomic E-state index is 12.7. The van der Waals surface area contributed by atoms with E-state index in [1.807, 2.05) is 36.4 Å². The van der Waals surface area contributed by atoms with E-state index in [4.69, 9.17) is 23.7 Å². The fourth-order valence-electron chi connectivity index (χ4n) is 3.78. The number of hydrogen-bond donors (Lipinski definition) is 1. The van der Waals surface area contributed by atoms with Crippen molar-refractivity contribution in [3.05, 3.63) is 48.0 Å². The van der Waals surface area contributed by atoms with Gasteiger partial charge in [-0.3, -0.25) is 19.2 Å². The molecule has 0 amide bonds. The second kappa shape index (κ2) is 11.1. The lowest BCUT2D eigenvalue weighted by molar-refractivity contribution is -0.300. The minimum Gasteiger partial charge on any atom is -0.456 e. The van der Waals surface area contributed by atoms with Crippen molar-refractivity contribution >= 4 is 34.6 Å². The Bertz CT molecular complexity index is 1060. The van der Waals surface area contributed by atoms with E-state index in [2.05, 4.69) is 0 Å². The number of benzene rings is 2. The Morgan fingerprint density at radius 1 is 0.794 bits per heavy atom. The molecule has 1 aliphatic rings. The maximum Gasteiger partial charge on any atom is 0.312 e. The minimum atomic E-state index is -1.52. The summed E-state index contributed by atoms with van der Waals surface area (Å²) in [5.74, 6) is -2.98. The summed E-state index contributed by atoms with van der Waals surface area (Å²) in [5, 5.41) is 11.7. The van der Waals surface area contributed by atoms with Crippen molar-refractivity contribution in [1.29, 1.82) is 0 Å². The summed E-state index contributed by atoms with van der Waals surface area (Å²) in [6.45, 7) is 2.69. The molecule has 10 heteroatoms. The molecule has 0 bridgehead atoms. The monoisotopic (exact) mass is 474 g/mol. The molecule has 0 aromatic heterocycles. The third kappa shape index (κ3) is 6.30. The second-order valence-electron chi connectivity index (χ2n) is 7.80. The number of carbonyl (C=O) groups excluding carboxylic acids is 4. The van der Waals surface area contributed by atoms with Crippen molar-refractivity contribution in [3.8, 4) is 0 Å². The summed E-state index contributed by atoms with van der Waals surface area (Å²) in [6.07, 6.45) is -6.97. The zero-order valence-corrected chi connectivity index (χ0v) is 19.0. The van der Waals surface area contributed by atoms with Crippen LogP contribution < -0.4 is 0 Å². The number of esters is 4. The van der Waals surface area contributed by atoms with Gasteiger partial charge in [0, 0.05) is 20.8 Å². The smallest absolute Gasteiger partial charge is 0.312 e. The Morgan fingerprint density at radius 3 is 2.00 bits per heavy atom. The van der Waals surface area contributed by atoms with Crippen LogP contribution >= 0.6 is 0 Å². The number of rotatable bonds is 7. The summed E-state index contributed by atoms with van der Waals surface area (Å²) in [5.41, 5.74) is 0.677. The molecule has 1 aliphatic heterocycles. The summed E-state index contributed by atoms with van der Waals surface area (Å²) in [6, 6.07) is 13.1. The molecule has 1 unspecified atom stereocenters. The first-order valence-electron chi connectivity index (χ1n) is 10.6. The maximum absolute atomic E-state index is 12.7. The first-order valence-corrected chi connectivity index (χ1v) is 10.6. The molecule has 34 heavy (non-hydrogen) atoms. The van der Waals surface area contributed by atoms with Gasteiger partial charge < -0.3 is 28.8 Å². The van der Waals surface area contributed by atoms with Crippen molar-refractivity contribution in [2.24, 2.45) is 0 Å². The molecule has 2 aromatic rings. The predicted octanol–water partition coefficient (Wildman–Crippen LogP) is 1.44. The number of fused-ring (bicyclic) bond motifs is 1. The zero-order valence-electron chi connectivity index (χ0n) is 19.0. The van der Waals surface area contributed by atoms with E-state index in [0.29, 0.717) is 5.56 Å². The van der Waals surface area contributed by atoms with E-state index in [-0.39, 0.29) is 6.42 Å². The number of carbonyl (C=O) groups is 4. The van der Waals surface area contributed by atoms with Crippen LogP contribution in [0.5, 0.6) is 0 Å². The average Bonchev–Trinajstić information content (AvgIpc) is 2.76. The fourth-order valence-corrected chi connectivity index (χ4v) is 3.78. The van der Waals surface area contributed by atoms with Crippen LogP contribution in [0.2, 0.25) is 0 Å². The lowest BCUT2D eigenvalue weighted by Crippen LogP contribution is -2.63. The van der Waals surface area contributed by atoms with Gasteiger partial charge in [-0.15, -0.1) is 0 Å². The van der Waals surface area contributed by atoms with E-state index < -0.39 is 61.2 Å². The molecule has 182 valence electrons. The Balaban J connectivity index is 1.83. The Hall–Kier alpha value is -3.50. The van der Waals surface area contributed by atoms with Crippen LogP contribution in [0, 0.1) is 0 Å². The Morgan fingerprint density at radius 2 is 1.38 bits per heavy atom. The van der Waals surface area contributed by atoms with Crippen LogP contribution in [0.1, 0.15) is 26.3 Å². The van der Waals surface area contributed by atoms with Crippen molar-refractivity contribution < 1.29 is 48.0 Å². The van der Waals surface area contributed by atoms with Crippen LogP contribution in [0.3, 0.4) is 0 Å². The van der Waals surface area contributed by atoms with Gasteiger partial charge in [0.1, 0.15) is 6.10 Å². The van der Waals surface area contributed by atoms with E-state index in [1.165, 1.54) is 0 Å². The van der Waals surface area contributed by atoms with Crippen molar-refractivity contribution in [1.82, 2.24) is 0 Å². The molecule has 0 radical (unpaired) electrons. The van der Waals surface area contributed by atoms with Gasteiger partial charge in [0.05, 0.1) is 13.0 Å². The molecule has 5 atom stereocenters. The van der Waals surface area contributed by atoms with Crippen LogP contribution in [-0.4, -0.2) is 66.3 Å². The number of ether oxygens (including phenoxy) is 5. The fraction of sp³-hybridized carbons (Fsp3) is 0.417. The van der Waals surface area contributed by atoms with E-state index in [0.717, 1.165) is 31.5 Å². The average molecular weight is 474 g/mol. The molecule has 1 heterocycles. The van der Waals surface area contributed by atoms with Gasteiger partial charge in [0.2, 0.25) is 12.4 Å². The van der Waals surface area contributed by atoms with Gasteiger partial charge in [-0.1, -0.05) is 42.5 Å². The SMILES string of the molecule is CC(=O)O[C@H]1[C@H](OC(C)=O)[C@@H](OC(C)=O)C(OC(=O)Cc2ccc3ccccc3c2)O[C@@H]1CO. The lowest BCUT2D eigenvalue weighted by atomic mass is 9.98. The summed E-state index contributed by atoms with van der Waals surface area (Å²) < 4.78 is 26.7. The first kappa shape index (κ1) is 25.1. The van der Waals surface area contributed by atoms with Crippen molar-refractivity contribution in [2.75, 3.05) is 6.61 Å². The molecule has 0 aliphatic carbocycles.